The molecule has 4 heterocycles. The fourth-order valence-electron chi connectivity index (χ4n) is 4.60. The summed E-state index contributed by atoms with van der Waals surface area (Å²) in [6.45, 7) is 9.36. The zero-order valence-electron chi connectivity index (χ0n) is 18.2. The Balaban J connectivity index is 1.55. The number of hydrogen-bond donors (Lipinski definition) is 1. The maximum absolute atomic E-state index is 12.9. The van der Waals surface area contributed by atoms with Crippen molar-refractivity contribution in [1.82, 2.24) is 20.1 Å². The van der Waals surface area contributed by atoms with Crippen LogP contribution in [0.2, 0.25) is 0 Å². The Bertz CT molecular complexity index is 823. The fourth-order valence-corrected chi connectivity index (χ4v) is 4.60. The van der Waals surface area contributed by atoms with Gasteiger partial charge in [0.05, 0.1) is 0 Å². The highest BCUT2D eigenvalue weighted by Gasteiger charge is 2.49. The van der Waals surface area contributed by atoms with E-state index in [1.165, 1.54) is 17.7 Å². The highest BCUT2D eigenvalue weighted by Crippen LogP contribution is 2.26. The maximum Gasteiger partial charge on any atom is 0.328 e. The SMILES string of the molecule is CCCN1C(=O)C2NC(c3ccc(N4CCCC(C)C4)nc3)=NC2N(CCC)C1=O. The summed E-state index contributed by atoms with van der Waals surface area (Å²) in [4.78, 5) is 40.6. The zero-order chi connectivity index (χ0) is 21.3. The predicted octanol–water partition coefficient (Wildman–Crippen LogP) is 2.45. The number of pyridine rings is 1. The largest absolute Gasteiger partial charge is 0.356 e. The van der Waals surface area contributed by atoms with E-state index in [2.05, 4.69) is 22.1 Å². The second-order valence-electron chi connectivity index (χ2n) is 8.58. The highest BCUT2D eigenvalue weighted by molar-refractivity contribution is 6.08. The van der Waals surface area contributed by atoms with Crippen molar-refractivity contribution in [2.24, 2.45) is 10.9 Å². The molecule has 30 heavy (non-hydrogen) atoms. The lowest BCUT2D eigenvalue weighted by Gasteiger charge is -2.40. The van der Waals surface area contributed by atoms with E-state index in [9.17, 15) is 9.59 Å². The van der Waals surface area contributed by atoms with Gasteiger partial charge in [0.25, 0.3) is 5.91 Å². The van der Waals surface area contributed by atoms with Gasteiger partial charge >= 0.3 is 6.03 Å². The van der Waals surface area contributed by atoms with Crippen LogP contribution >= 0.6 is 0 Å². The molecule has 0 aliphatic carbocycles. The molecule has 0 aromatic carbocycles. The van der Waals surface area contributed by atoms with Crippen molar-refractivity contribution in [3.05, 3.63) is 23.9 Å². The molecule has 8 nitrogen and oxygen atoms in total. The lowest BCUT2D eigenvalue weighted by Crippen LogP contribution is -2.65. The van der Waals surface area contributed by atoms with Crippen LogP contribution in [0.1, 0.15) is 52.0 Å². The van der Waals surface area contributed by atoms with Gasteiger partial charge in [-0.2, -0.15) is 0 Å². The van der Waals surface area contributed by atoms with E-state index in [0.29, 0.717) is 24.8 Å². The van der Waals surface area contributed by atoms with Gasteiger partial charge < -0.3 is 10.2 Å². The van der Waals surface area contributed by atoms with E-state index in [-0.39, 0.29) is 11.9 Å². The van der Waals surface area contributed by atoms with Crippen molar-refractivity contribution in [2.75, 3.05) is 31.1 Å². The van der Waals surface area contributed by atoms with E-state index in [4.69, 9.17) is 4.99 Å². The van der Waals surface area contributed by atoms with Crippen LogP contribution in [-0.4, -0.2) is 70.9 Å². The minimum atomic E-state index is -0.529. The summed E-state index contributed by atoms with van der Waals surface area (Å²) < 4.78 is 0. The molecule has 1 N–H and O–H groups in total. The Hall–Kier alpha value is -2.64. The number of aromatic nitrogens is 1. The number of amidine groups is 1. The number of fused-ring (bicyclic) bond motifs is 1. The van der Waals surface area contributed by atoms with Crippen LogP contribution in [-0.2, 0) is 4.79 Å². The third-order valence-electron chi connectivity index (χ3n) is 6.09. The van der Waals surface area contributed by atoms with Crippen LogP contribution < -0.4 is 10.2 Å². The molecule has 3 aliphatic heterocycles. The van der Waals surface area contributed by atoms with Gasteiger partial charge in [-0.25, -0.2) is 14.8 Å². The molecule has 0 bridgehead atoms. The Morgan fingerprint density at radius 3 is 2.63 bits per heavy atom. The first-order valence-electron chi connectivity index (χ1n) is 11.2. The first-order valence-corrected chi connectivity index (χ1v) is 11.2. The van der Waals surface area contributed by atoms with Crippen LogP contribution in [0.5, 0.6) is 0 Å². The maximum atomic E-state index is 12.9. The van der Waals surface area contributed by atoms with Crippen molar-refractivity contribution in [3.63, 3.8) is 0 Å². The van der Waals surface area contributed by atoms with Gasteiger partial charge in [0.15, 0.2) is 6.17 Å². The molecule has 0 radical (unpaired) electrons. The Kier molecular flexibility index (Phi) is 5.92. The summed E-state index contributed by atoms with van der Waals surface area (Å²) in [6, 6.07) is 3.27. The molecule has 0 spiro atoms. The normalized spacial score (nSPS) is 26.6. The van der Waals surface area contributed by atoms with Crippen LogP contribution in [0.25, 0.3) is 0 Å². The standard InChI is InChI=1S/C22H32N6O2/c1-4-10-27-20-18(21(29)28(11-5-2)22(27)30)24-19(25-20)16-8-9-17(23-13-16)26-12-6-7-15(3)14-26/h8-9,13,15,18,20H,4-7,10-12,14H2,1-3H3,(H,24,25). The zero-order valence-corrected chi connectivity index (χ0v) is 18.2. The third kappa shape index (κ3) is 3.75. The van der Waals surface area contributed by atoms with E-state index < -0.39 is 12.2 Å². The summed E-state index contributed by atoms with van der Waals surface area (Å²) >= 11 is 0. The number of carbonyl (C=O) groups excluding carboxylic acids is 2. The van der Waals surface area contributed by atoms with Gasteiger partial charge in [0.1, 0.15) is 17.7 Å². The summed E-state index contributed by atoms with van der Waals surface area (Å²) in [5.74, 6) is 2.11. The van der Waals surface area contributed by atoms with Gasteiger partial charge in [-0.3, -0.25) is 14.6 Å². The van der Waals surface area contributed by atoms with E-state index in [1.54, 1.807) is 4.90 Å². The summed E-state index contributed by atoms with van der Waals surface area (Å²) in [7, 11) is 0. The predicted molar refractivity (Wildman–Crippen MR) is 116 cm³/mol. The second kappa shape index (κ2) is 8.62. The molecule has 1 aromatic heterocycles. The van der Waals surface area contributed by atoms with Crippen molar-refractivity contribution in [2.45, 2.75) is 58.7 Å². The van der Waals surface area contributed by atoms with E-state index in [0.717, 1.165) is 37.3 Å². The molecule has 3 unspecified atom stereocenters. The average Bonchev–Trinajstić information content (AvgIpc) is 3.20. The topological polar surface area (TPSA) is 81.1 Å². The minimum absolute atomic E-state index is 0.190. The molecule has 8 heteroatoms. The number of urea groups is 1. The van der Waals surface area contributed by atoms with Gasteiger partial charge in [0, 0.05) is 37.9 Å². The van der Waals surface area contributed by atoms with Crippen LogP contribution in [0, 0.1) is 5.92 Å². The van der Waals surface area contributed by atoms with Crippen molar-refractivity contribution in [1.29, 1.82) is 0 Å². The molecule has 2 fully saturated rings. The molecule has 2 saturated heterocycles. The first kappa shape index (κ1) is 20.6. The monoisotopic (exact) mass is 412 g/mol. The summed E-state index contributed by atoms with van der Waals surface area (Å²) in [5, 5.41) is 3.27. The number of carbonyl (C=O) groups is 2. The molecule has 3 atom stereocenters. The Labute approximate surface area is 178 Å². The number of hydrogen-bond acceptors (Lipinski definition) is 6. The van der Waals surface area contributed by atoms with Crippen LogP contribution in [0.15, 0.2) is 23.3 Å². The average molecular weight is 413 g/mol. The van der Waals surface area contributed by atoms with E-state index in [1.807, 2.05) is 32.2 Å². The van der Waals surface area contributed by atoms with Gasteiger partial charge in [-0.1, -0.05) is 20.8 Å². The first-order chi connectivity index (χ1) is 14.5. The second-order valence-corrected chi connectivity index (χ2v) is 8.58. The fraction of sp³-hybridized carbons (Fsp3) is 0.636. The number of rotatable bonds is 6. The van der Waals surface area contributed by atoms with Gasteiger partial charge in [-0.15, -0.1) is 0 Å². The number of nitrogens with one attached hydrogen (secondary N) is 1. The van der Waals surface area contributed by atoms with Crippen molar-refractivity contribution < 1.29 is 9.59 Å². The quantitative estimate of drug-likeness (QED) is 0.776. The molecule has 1 aromatic rings. The number of piperidine rings is 1. The van der Waals surface area contributed by atoms with Gasteiger partial charge in [0.2, 0.25) is 0 Å². The molecular weight excluding hydrogens is 380 g/mol. The number of imide groups is 1. The van der Waals surface area contributed by atoms with Crippen LogP contribution in [0.3, 0.4) is 0 Å². The van der Waals surface area contributed by atoms with Gasteiger partial charge in [-0.05, 0) is 43.7 Å². The van der Waals surface area contributed by atoms with E-state index >= 15 is 0 Å². The molecule has 162 valence electrons. The third-order valence-corrected chi connectivity index (χ3v) is 6.09. The molecular formula is C22H32N6O2. The number of anilines is 1. The minimum Gasteiger partial charge on any atom is -0.356 e. The Morgan fingerprint density at radius 1 is 1.17 bits per heavy atom. The van der Waals surface area contributed by atoms with Crippen molar-refractivity contribution >= 4 is 23.6 Å². The summed E-state index contributed by atoms with van der Waals surface area (Å²) in [6.07, 6.45) is 5.35. The lowest BCUT2D eigenvalue weighted by atomic mass is 10.0. The molecule has 3 amide bonds. The number of nitrogens with zero attached hydrogens (tertiary/aromatic N) is 5. The highest BCUT2D eigenvalue weighted by atomic mass is 16.2. The Morgan fingerprint density at radius 2 is 1.97 bits per heavy atom. The number of aliphatic imine (C=N–C) groups is 1. The lowest BCUT2D eigenvalue weighted by molar-refractivity contribution is -0.134. The number of amides is 3. The van der Waals surface area contributed by atoms with Crippen LogP contribution in [0.4, 0.5) is 10.6 Å². The molecule has 0 saturated carbocycles. The summed E-state index contributed by atoms with van der Waals surface area (Å²) in [5.41, 5.74) is 0.844. The smallest absolute Gasteiger partial charge is 0.328 e. The van der Waals surface area contributed by atoms with Crippen molar-refractivity contribution in [3.8, 4) is 0 Å². The molecule has 4 rings (SSSR count). The molecule has 3 aliphatic rings.